The van der Waals surface area contributed by atoms with Crippen LogP contribution >= 0.6 is 0 Å². The number of hydrogen-bond donors (Lipinski definition) is 0. The standard InChI is InChI=1S/C12H17N3O2/c1-2-11(16)15-9-6-10(13-15)12(17)14-7-4-3-5-8-14/h6,9H,2-5,7-8H2,1H3. The number of aromatic nitrogens is 2. The molecule has 0 radical (unpaired) electrons. The average Bonchev–Trinajstić information content (AvgIpc) is 2.87. The van der Waals surface area contributed by atoms with Gasteiger partial charge in [-0.05, 0) is 25.3 Å². The molecule has 92 valence electrons. The van der Waals surface area contributed by atoms with Gasteiger partial charge in [-0.15, -0.1) is 0 Å². The van der Waals surface area contributed by atoms with E-state index in [-0.39, 0.29) is 11.8 Å². The van der Waals surface area contributed by atoms with Crippen molar-refractivity contribution in [3.8, 4) is 0 Å². The summed E-state index contributed by atoms with van der Waals surface area (Å²) in [6.07, 6.45) is 5.25. The van der Waals surface area contributed by atoms with Gasteiger partial charge in [0.05, 0.1) is 0 Å². The highest BCUT2D eigenvalue weighted by Gasteiger charge is 2.20. The number of carbonyl (C=O) groups excluding carboxylic acids is 2. The Labute approximate surface area is 100 Å². The molecule has 1 amide bonds. The molecule has 0 atom stereocenters. The van der Waals surface area contributed by atoms with E-state index in [1.165, 1.54) is 11.1 Å². The van der Waals surface area contributed by atoms with E-state index in [2.05, 4.69) is 5.10 Å². The number of piperidine rings is 1. The molecular weight excluding hydrogens is 218 g/mol. The van der Waals surface area contributed by atoms with Gasteiger partial charge in [-0.3, -0.25) is 9.59 Å². The highest BCUT2D eigenvalue weighted by atomic mass is 16.2. The van der Waals surface area contributed by atoms with E-state index in [1.807, 2.05) is 4.90 Å². The van der Waals surface area contributed by atoms with Crippen LogP contribution in [0.3, 0.4) is 0 Å². The minimum absolute atomic E-state index is 0.0626. The lowest BCUT2D eigenvalue weighted by molar-refractivity contribution is 0.0717. The Hall–Kier alpha value is -1.65. The molecule has 0 N–H and O–H groups in total. The van der Waals surface area contributed by atoms with Crippen molar-refractivity contribution in [2.45, 2.75) is 32.6 Å². The summed E-state index contributed by atoms with van der Waals surface area (Å²) in [6, 6.07) is 1.62. The van der Waals surface area contributed by atoms with Gasteiger partial charge >= 0.3 is 0 Å². The van der Waals surface area contributed by atoms with E-state index >= 15 is 0 Å². The maximum Gasteiger partial charge on any atom is 0.274 e. The van der Waals surface area contributed by atoms with E-state index in [4.69, 9.17) is 0 Å². The Morgan fingerprint density at radius 1 is 1.29 bits per heavy atom. The van der Waals surface area contributed by atoms with E-state index in [0.717, 1.165) is 25.9 Å². The zero-order chi connectivity index (χ0) is 12.3. The summed E-state index contributed by atoms with van der Waals surface area (Å²) < 4.78 is 1.25. The zero-order valence-corrected chi connectivity index (χ0v) is 10.1. The second kappa shape index (κ2) is 5.12. The third kappa shape index (κ3) is 2.54. The first-order chi connectivity index (χ1) is 8.22. The van der Waals surface area contributed by atoms with Gasteiger partial charge < -0.3 is 4.90 Å². The number of rotatable bonds is 2. The van der Waals surface area contributed by atoms with E-state index in [1.54, 1.807) is 19.2 Å². The van der Waals surface area contributed by atoms with Crippen molar-refractivity contribution in [3.05, 3.63) is 18.0 Å². The largest absolute Gasteiger partial charge is 0.337 e. The summed E-state index contributed by atoms with van der Waals surface area (Å²) >= 11 is 0. The quantitative estimate of drug-likeness (QED) is 0.781. The molecule has 0 saturated carbocycles. The van der Waals surface area contributed by atoms with Crippen molar-refractivity contribution in [3.63, 3.8) is 0 Å². The minimum atomic E-state index is -0.0947. The maximum absolute atomic E-state index is 12.1. The van der Waals surface area contributed by atoms with Gasteiger partial charge in [0.2, 0.25) is 5.91 Å². The topological polar surface area (TPSA) is 55.2 Å². The van der Waals surface area contributed by atoms with Crippen molar-refractivity contribution in [2.75, 3.05) is 13.1 Å². The van der Waals surface area contributed by atoms with Gasteiger partial charge in [0, 0.05) is 25.7 Å². The molecule has 1 fully saturated rings. The normalized spacial score (nSPS) is 15.9. The zero-order valence-electron chi connectivity index (χ0n) is 10.1. The summed E-state index contributed by atoms with van der Waals surface area (Å²) in [5, 5.41) is 4.03. The van der Waals surface area contributed by atoms with Crippen molar-refractivity contribution < 1.29 is 9.59 Å². The molecule has 0 aromatic carbocycles. The van der Waals surface area contributed by atoms with Crippen LogP contribution in [-0.4, -0.2) is 39.6 Å². The number of likely N-dealkylation sites (tertiary alicyclic amines) is 1. The molecule has 1 aromatic rings. The predicted octanol–water partition coefficient (Wildman–Crippen LogP) is 1.56. The molecule has 2 heterocycles. The fourth-order valence-corrected chi connectivity index (χ4v) is 2.00. The van der Waals surface area contributed by atoms with Gasteiger partial charge in [0.1, 0.15) is 0 Å². The Bertz CT molecular complexity index is 419. The molecule has 5 nitrogen and oxygen atoms in total. The Morgan fingerprint density at radius 2 is 2.00 bits per heavy atom. The predicted molar refractivity (Wildman–Crippen MR) is 62.9 cm³/mol. The van der Waals surface area contributed by atoms with Gasteiger partial charge in [0.25, 0.3) is 5.91 Å². The lowest BCUT2D eigenvalue weighted by Gasteiger charge is -2.25. The summed E-state index contributed by atoms with van der Waals surface area (Å²) in [6.45, 7) is 3.37. The molecule has 0 unspecified atom stereocenters. The molecule has 2 rings (SSSR count). The van der Waals surface area contributed by atoms with Crippen LogP contribution in [-0.2, 0) is 0 Å². The minimum Gasteiger partial charge on any atom is -0.337 e. The number of amides is 1. The Morgan fingerprint density at radius 3 is 2.65 bits per heavy atom. The van der Waals surface area contributed by atoms with Crippen LogP contribution in [0.2, 0.25) is 0 Å². The third-order valence-electron chi connectivity index (χ3n) is 3.01. The second-order valence-electron chi connectivity index (χ2n) is 4.25. The van der Waals surface area contributed by atoms with Crippen LogP contribution in [0.25, 0.3) is 0 Å². The van der Waals surface area contributed by atoms with Crippen LogP contribution in [0.1, 0.15) is 47.9 Å². The van der Waals surface area contributed by atoms with Crippen molar-refractivity contribution in [1.29, 1.82) is 0 Å². The van der Waals surface area contributed by atoms with Gasteiger partial charge in [-0.1, -0.05) is 6.92 Å². The van der Waals surface area contributed by atoms with Crippen molar-refractivity contribution in [2.24, 2.45) is 0 Å². The fraction of sp³-hybridized carbons (Fsp3) is 0.583. The molecule has 1 aromatic heterocycles. The van der Waals surface area contributed by atoms with Crippen LogP contribution in [0.5, 0.6) is 0 Å². The van der Waals surface area contributed by atoms with E-state index < -0.39 is 0 Å². The van der Waals surface area contributed by atoms with Crippen LogP contribution in [0.15, 0.2) is 12.3 Å². The van der Waals surface area contributed by atoms with Crippen molar-refractivity contribution >= 4 is 11.8 Å². The highest BCUT2D eigenvalue weighted by Crippen LogP contribution is 2.12. The molecule has 1 saturated heterocycles. The van der Waals surface area contributed by atoms with Crippen LogP contribution < -0.4 is 0 Å². The smallest absolute Gasteiger partial charge is 0.274 e. The molecule has 5 heteroatoms. The summed E-state index contributed by atoms with van der Waals surface area (Å²) in [5.74, 6) is -0.157. The van der Waals surface area contributed by atoms with Crippen molar-refractivity contribution in [1.82, 2.24) is 14.7 Å². The monoisotopic (exact) mass is 235 g/mol. The molecule has 17 heavy (non-hydrogen) atoms. The molecule has 0 aliphatic carbocycles. The van der Waals surface area contributed by atoms with Crippen LogP contribution in [0.4, 0.5) is 0 Å². The van der Waals surface area contributed by atoms with Crippen LogP contribution in [0, 0.1) is 0 Å². The lowest BCUT2D eigenvalue weighted by Crippen LogP contribution is -2.36. The second-order valence-corrected chi connectivity index (χ2v) is 4.25. The molecular formula is C12H17N3O2. The van der Waals surface area contributed by atoms with E-state index in [0.29, 0.717) is 12.1 Å². The third-order valence-corrected chi connectivity index (χ3v) is 3.01. The van der Waals surface area contributed by atoms with Gasteiger partial charge in [-0.2, -0.15) is 5.10 Å². The highest BCUT2D eigenvalue weighted by molar-refractivity contribution is 5.93. The first-order valence-corrected chi connectivity index (χ1v) is 6.10. The molecule has 0 spiro atoms. The van der Waals surface area contributed by atoms with Gasteiger partial charge in [0.15, 0.2) is 5.69 Å². The number of carbonyl (C=O) groups is 2. The average molecular weight is 235 g/mol. The molecule has 1 aliphatic heterocycles. The number of hydrogen-bond acceptors (Lipinski definition) is 3. The maximum atomic E-state index is 12.1. The van der Waals surface area contributed by atoms with Gasteiger partial charge in [-0.25, -0.2) is 4.68 Å². The SMILES string of the molecule is CCC(=O)n1ccc(C(=O)N2CCCCC2)n1. The summed E-state index contributed by atoms with van der Waals surface area (Å²) in [5.41, 5.74) is 0.369. The molecule has 0 bridgehead atoms. The fourth-order valence-electron chi connectivity index (χ4n) is 2.00. The first kappa shape index (κ1) is 11.8. The Kier molecular flexibility index (Phi) is 3.56. The summed E-state index contributed by atoms with van der Waals surface area (Å²) in [4.78, 5) is 25.3. The van der Waals surface area contributed by atoms with E-state index in [9.17, 15) is 9.59 Å². The summed E-state index contributed by atoms with van der Waals surface area (Å²) in [7, 11) is 0. The lowest BCUT2D eigenvalue weighted by atomic mass is 10.1. The number of nitrogens with zero attached hydrogens (tertiary/aromatic N) is 3. The molecule has 1 aliphatic rings. The first-order valence-electron chi connectivity index (χ1n) is 6.10. The Balaban J connectivity index is 2.08.